The zero-order valence-corrected chi connectivity index (χ0v) is 16.7. The number of amides is 1. The number of rotatable bonds is 5. The lowest BCUT2D eigenvalue weighted by atomic mass is 10.0. The number of benzene rings is 1. The maximum Gasteiger partial charge on any atom is 0.336 e. The standard InChI is InChI=1S/C23H24N2O4/c1-3-16-12-22(27)29-20-11-15(2)10-19(23(16)20)28-14-21(26)25-9-5-7-18(25)17-6-4-8-24-13-17/h4,6,8,10-13,18H,3,5,7,9,14H2,1-2H3. The zero-order valence-electron chi connectivity index (χ0n) is 16.7. The summed E-state index contributed by atoms with van der Waals surface area (Å²) in [4.78, 5) is 30.8. The van der Waals surface area contributed by atoms with Crippen LogP contribution in [0.5, 0.6) is 5.75 Å². The molecule has 0 aliphatic carbocycles. The van der Waals surface area contributed by atoms with Crippen LogP contribution in [0.25, 0.3) is 11.0 Å². The van der Waals surface area contributed by atoms with Crippen LogP contribution in [-0.2, 0) is 11.2 Å². The minimum atomic E-state index is -0.377. The molecule has 1 aliphatic rings. The average Bonchev–Trinajstić information content (AvgIpc) is 3.21. The summed E-state index contributed by atoms with van der Waals surface area (Å²) in [6.45, 7) is 4.54. The summed E-state index contributed by atoms with van der Waals surface area (Å²) < 4.78 is 11.3. The van der Waals surface area contributed by atoms with Crippen molar-refractivity contribution in [2.45, 2.75) is 39.2 Å². The molecule has 1 fully saturated rings. The lowest BCUT2D eigenvalue weighted by Gasteiger charge is -2.25. The lowest BCUT2D eigenvalue weighted by molar-refractivity contribution is -0.134. The van der Waals surface area contributed by atoms with Gasteiger partial charge in [-0.15, -0.1) is 0 Å². The number of aryl methyl sites for hydroxylation is 2. The molecule has 0 bridgehead atoms. The predicted molar refractivity (Wildman–Crippen MR) is 110 cm³/mol. The molecule has 150 valence electrons. The first-order valence-corrected chi connectivity index (χ1v) is 9.96. The van der Waals surface area contributed by atoms with Gasteiger partial charge in [0.1, 0.15) is 11.3 Å². The molecular formula is C23H24N2O4. The van der Waals surface area contributed by atoms with Crippen molar-refractivity contribution in [3.05, 3.63) is 69.8 Å². The zero-order chi connectivity index (χ0) is 20.4. The number of nitrogens with zero attached hydrogens (tertiary/aromatic N) is 2. The fourth-order valence-electron chi connectivity index (χ4n) is 4.07. The summed E-state index contributed by atoms with van der Waals surface area (Å²) in [7, 11) is 0. The van der Waals surface area contributed by atoms with Crippen LogP contribution in [0.15, 0.2) is 51.9 Å². The highest BCUT2D eigenvalue weighted by atomic mass is 16.5. The Hall–Kier alpha value is -3.15. The Kier molecular flexibility index (Phi) is 5.34. The van der Waals surface area contributed by atoms with Crippen molar-refractivity contribution >= 4 is 16.9 Å². The highest BCUT2D eigenvalue weighted by Crippen LogP contribution is 2.33. The number of pyridine rings is 1. The van der Waals surface area contributed by atoms with Crippen LogP contribution in [0, 0.1) is 6.92 Å². The van der Waals surface area contributed by atoms with Gasteiger partial charge in [0.15, 0.2) is 6.61 Å². The van der Waals surface area contributed by atoms with Crippen LogP contribution in [0.2, 0.25) is 0 Å². The first kappa shape index (κ1) is 19.2. The molecule has 3 aromatic rings. The summed E-state index contributed by atoms with van der Waals surface area (Å²) in [5.74, 6) is 0.521. The van der Waals surface area contributed by atoms with Gasteiger partial charge in [-0.1, -0.05) is 13.0 Å². The van der Waals surface area contributed by atoms with E-state index in [1.54, 1.807) is 6.20 Å². The van der Waals surface area contributed by atoms with E-state index < -0.39 is 0 Å². The molecule has 0 N–H and O–H groups in total. The summed E-state index contributed by atoms with van der Waals surface area (Å²) in [5, 5.41) is 0.760. The smallest absolute Gasteiger partial charge is 0.336 e. The quantitative estimate of drug-likeness (QED) is 0.618. The molecule has 1 atom stereocenters. The average molecular weight is 392 g/mol. The molecule has 3 heterocycles. The number of likely N-dealkylation sites (tertiary alicyclic amines) is 1. The summed E-state index contributed by atoms with van der Waals surface area (Å²) in [6, 6.07) is 9.14. The summed E-state index contributed by atoms with van der Waals surface area (Å²) in [5.41, 5.74) is 2.93. The van der Waals surface area contributed by atoms with Crippen molar-refractivity contribution < 1.29 is 13.9 Å². The van der Waals surface area contributed by atoms with Crippen molar-refractivity contribution in [2.75, 3.05) is 13.2 Å². The van der Waals surface area contributed by atoms with Crippen molar-refractivity contribution in [1.29, 1.82) is 0 Å². The van der Waals surface area contributed by atoms with Gasteiger partial charge in [0.2, 0.25) is 0 Å². The molecule has 4 rings (SSSR count). The predicted octanol–water partition coefficient (Wildman–Crippen LogP) is 3.80. The highest BCUT2D eigenvalue weighted by molar-refractivity contribution is 5.88. The number of hydrogen-bond acceptors (Lipinski definition) is 5. The van der Waals surface area contributed by atoms with Crippen molar-refractivity contribution in [2.24, 2.45) is 0 Å². The van der Waals surface area contributed by atoms with E-state index in [1.807, 2.05) is 49.2 Å². The Balaban J connectivity index is 1.58. The van der Waals surface area contributed by atoms with E-state index in [0.29, 0.717) is 24.3 Å². The second kappa shape index (κ2) is 8.07. The number of ether oxygens (including phenoxy) is 1. The molecule has 29 heavy (non-hydrogen) atoms. The van der Waals surface area contributed by atoms with E-state index in [0.717, 1.165) is 34.9 Å². The van der Waals surface area contributed by atoms with E-state index in [-0.39, 0.29) is 24.2 Å². The molecule has 6 heteroatoms. The van der Waals surface area contributed by atoms with E-state index in [4.69, 9.17) is 9.15 Å². The van der Waals surface area contributed by atoms with Gasteiger partial charge < -0.3 is 14.1 Å². The molecule has 0 spiro atoms. The SMILES string of the molecule is CCc1cc(=O)oc2cc(C)cc(OCC(=O)N3CCCC3c3cccnc3)c12. The molecule has 6 nitrogen and oxygen atoms in total. The van der Waals surface area contributed by atoms with Gasteiger partial charge >= 0.3 is 5.63 Å². The maximum absolute atomic E-state index is 12.9. The maximum atomic E-state index is 12.9. The first-order chi connectivity index (χ1) is 14.1. The van der Waals surface area contributed by atoms with Crippen LogP contribution in [-0.4, -0.2) is 28.9 Å². The molecule has 1 aliphatic heterocycles. The number of fused-ring (bicyclic) bond motifs is 1. The van der Waals surface area contributed by atoms with Crippen molar-refractivity contribution in [1.82, 2.24) is 9.88 Å². The van der Waals surface area contributed by atoms with Crippen molar-refractivity contribution in [3.8, 4) is 5.75 Å². The molecule has 1 saturated heterocycles. The van der Waals surface area contributed by atoms with Crippen LogP contribution in [0.3, 0.4) is 0 Å². The second-order valence-electron chi connectivity index (χ2n) is 7.40. The van der Waals surface area contributed by atoms with Gasteiger partial charge in [0, 0.05) is 25.0 Å². The minimum absolute atomic E-state index is 0.0401. The molecule has 0 saturated carbocycles. The first-order valence-electron chi connectivity index (χ1n) is 9.96. The van der Waals surface area contributed by atoms with E-state index in [2.05, 4.69) is 4.98 Å². The Labute approximate surface area is 169 Å². The molecular weight excluding hydrogens is 368 g/mol. The largest absolute Gasteiger partial charge is 0.483 e. The molecule has 2 aromatic heterocycles. The van der Waals surface area contributed by atoms with Gasteiger partial charge in [0.05, 0.1) is 11.4 Å². The third-order valence-corrected chi connectivity index (χ3v) is 5.41. The van der Waals surface area contributed by atoms with Crippen LogP contribution >= 0.6 is 0 Å². The third-order valence-electron chi connectivity index (χ3n) is 5.41. The van der Waals surface area contributed by atoms with Crippen molar-refractivity contribution in [3.63, 3.8) is 0 Å². The van der Waals surface area contributed by atoms with Gasteiger partial charge in [-0.2, -0.15) is 0 Å². The molecule has 0 radical (unpaired) electrons. The molecule has 1 unspecified atom stereocenters. The Morgan fingerprint density at radius 2 is 2.21 bits per heavy atom. The number of hydrogen-bond donors (Lipinski definition) is 0. The van der Waals surface area contributed by atoms with Gasteiger partial charge in [-0.3, -0.25) is 9.78 Å². The van der Waals surface area contributed by atoms with Gasteiger partial charge in [0.25, 0.3) is 5.91 Å². The molecule has 1 aromatic carbocycles. The monoisotopic (exact) mass is 392 g/mol. The topological polar surface area (TPSA) is 72.6 Å². The second-order valence-corrected chi connectivity index (χ2v) is 7.40. The number of aromatic nitrogens is 1. The minimum Gasteiger partial charge on any atom is -0.483 e. The Morgan fingerprint density at radius 3 is 2.97 bits per heavy atom. The number of carbonyl (C=O) groups is 1. The summed E-state index contributed by atoms with van der Waals surface area (Å²) in [6.07, 6.45) is 6.12. The highest BCUT2D eigenvalue weighted by Gasteiger charge is 2.30. The van der Waals surface area contributed by atoms with E-state index >= 15 is 0 Å². The third kappa shape index (κ3) is 3.88. The van der Waals surface area contributed by atoms with Crippen LogP contribution in [0.4, 0.5) is 0 Å². The van der Waals surface area contributed by atoms with E-state index in [1.165, 1.54) is 6.07 Å². The fourth-order valence-corrected chi connectivity index (χ4v) is 4.07. The van der Waals surface area contributed by atoms with Gasteiger partial charge in [-0.25, -0.2) is 4.79 Å². The Bertz CT molecular complexity index is 1090. The lowest BCUT2D eigenvalue weighted by Crippen LogP contribution is -2.34. The number of carbonyl (C=O) groups excluding carboxylic acids is 1. The van der Waals surface area contributed by atoms with Crippen LogP contribution in [0.1, 0.15) is 42.5 Å². The van der Waals surface area contributed by atoms with E-state index in [9.17, 15) is 9.59 Å². The van der Waals surface area contributed by atoms with Crippen LogP contribution < -0.4 is 10.4 Å². The fraction of sp³-hybridized carbons (Fsp3) is 0.348. The Morgan fingerprint density at radius 1 is 1.34 bits per heavy atom. The summed E-state index contributed by atoms with van der Waals surface area (Å²) >= 11 is 0. The normalized spacial score (nSPS) is 16.3. The molecule has 1 amide bonds. The van der Waals surface area contributed by atoms with Gasteiger partial charge in [-0.05, 0) is 61.1 Å².